The quantitative estimate of drug-likeness (QED) is 0.429. The molecule has 0 unspecified atom stereocenters. The van der Waals surface area contributed by atoms with Gasteiger partial charge in [0, 0.05) is 5.02 Å². The van der Waals surface area contributed by atoms with Crippen molar-refractivity contribution in [3.05, 3.63) is 88.5 Å². The number of methoxy groups -OCH3 is 1. The number of cyclic esters (lactones) is 1. The van der Waals surface area contributed by atoms with Crippen molar-refractivity contribution in [1.29, 1.82) is 0 Å². The van der Waals surface area contributed by atoms with Crippen molar-refractivity contribution >= 4 is 29.5 Å². The summed E-state index contributed by atoms with van der Waals surface area (Å²) in [7, 11) is 1.55. The molecule has 2 heterocycles. The van der Waals surface area contributed by atoms with Crippen LogP contribution in [0.1, 0.15) is 16.9 Å². The normalized spacial score (nSPS) is 14.6. The highest BCUT2D eigenvalue weighted by Gasteiger charge is 2.25. The van der Waals surface area contributed by atoms with Gasteiger partial charge >= 0.3 is 5.97 Å². The molecular weight excluding hydrogens is 394 g/mol. The van der Waals surface area contributed by atoms with Crippen molar-refractivity contribution in [2.45, 2.75) is 6.61 Å². The molecule has 0 saturated heterocycles. The van der Waals surface area contributed by atoms with E-state index in [9.17, 15) is 4.79 Å². The molecular formula is C22H16ClNO5. The fourth-order valence-electron chi connectivity index (χ4n) is 2.75. The number of hydrogen-bond acceptors (Lipinski definition) is 6. The van der Waals surface area contributed by atoms with Gasteiger partial charge in [0.2, 0.25) is 0 Å². The lowest BCUT2D eigenvalue weighted by Crippen LogP contribution is -2.04. The maximum Gasteiger partial charge on any atom is 0.363 e. The number of nitrogens with zero attached hydrogens (tertiary/aromatic N) is 1. The number of furan rings is 1. The van der Waals surface area contributed by atoms with Crippen molar-refractivity contribution in [3.63, 3.8) is 0 Å². The van der Waals surface area contributed by atoms with Crippen LogP contribution in [-0.2, 0) is 16.1 Å². The van der Waals surface area contributed by atoms with Crippen molar-refractivity contribution in [2.24, 2.45) is 4.99 Å². The largest absolute Gasteiger partial charge is 0.493 e. The van der Waals surface area contributed by atoms with E-state index in [0.29, 0.717) is 34.5 Å². The molecule has 0 radical (unpaired) electrons. The minimum absolute atomic E-state index is 0.139. The second kappa shape index (κ2) is 8.24. The summed E-state index contributed by atoms with van der Waals surface area (Å²) in [6, 6.07) is 16.1. The molecule has 3 aromatic rings. The molecule has 146 valence electrons. The molecule has 0 amide bonds. The van der Waals surface area contributed by atoms with Crippen molar-refractivity contribution in [2.75, 3.05) is 7.11 Å². The topological polar surface area (TPSA) is 70.3 Å². The smallest absolute Gasteiger partial charge is 0.363 e. The Hall–Kier alpha value is -3.51. The van der Waals surface area contributed by atoms with E-state index < -0.39 is 5.97 Å². The van der Waals surface area contributed by atoms with Gasteiger partial charge in [-0.05, 0) is 53.6 Å². The monoisotopic (exact) mass is 409 g/mol. The second-order valence-electron chi connectivity index (χ2n) is 6.14. The van der Waals surface area contributed by atoms with Gasteiger partial charge in [0.05, 0.1) is 13.4 Å². The van der Waals surface area contributed by atoms with Crippen LogP contribution in [0.3, 0.4) is 0 Å². The summed E-state index contributed by atoms with van der Waals surface area (Å²) in [5, 5.41) is 0.651. The fraction of sp³-hybridized carbons (Fsp3) is 0.0909. The van der Waals surface area contributed by atoms with E-state index in [-0.39, 0.29) is 11.6 Å². The van der Waals surface area contributed by atoms with E-state index in [4.69, 9.17) is 30.2 Å². The van der Waals surface area contributed by atoms with Gasteiger partial charge in [0.25, 0.3) is 5.90 Å². The molecule has 7 heteroatoms. The second-order valence-corrected chi connectivity index (χ2v) is 6.58. The first-order valence-corrected chi connectivity index (χ1v) is 9.12. The Bertz CT molecular complexity index is 1100. The third kappa shape index (κ3) is 4.33. The lowest BCUT2D eigenvalue weighted by molar-refractivity contribution is -0.130. The molecule has 0 spiro atoms. The standard InChI is InChI=1S/C22H16ClNO5/c1-26-20-12-14(7-8-18(20)28-13-15-4-2-5-16(23)10-15)11-17-22(25)29-21(24-17)19-6-3-9-27-19/h2-12H,13H2,1H3/b17-11-. The number of hydrogen-bond donors (Lipinski definition) is 0. The summed E-state index contributed by atoms with van der Waals surface area (Å²) >= 11 is 6.00. The Morgan fingerprint density at radius 3 is 2.76 bits per heavy atom. The minimum Gasteiger partial charge on any atom is -0.493 e. The van der Waals surface area contributed by atoms with E-state index in [1.165, 1.54) is 6.26 Å². The number of carbonyl (C=O) groups excluding carboxylic acids is 1. The summed E-state index contributed by atoms with van der Waals surface area (Å²) in [5.41, 5.74) is 1.83. The van der Waals surface area contributed by atoms with E-state index in [0.717, 1.165) is 5.56 Å². The Labute approximate surface area is 172 Å². The average Bonchev–Trinajstić information content (AvgIpc) is 3.37. The number of rotatable bonds is 6. The Balaban J connectivity index is 1.53. The number of halogens is 1. The number of ether oxygens (including phenoxy) is 3. The van der Waals surface area contributed by atoms with Crippen LogP contribution >= 0.6 is 11.6 Å². The number of aliphatic imine (C=N–C) groups is 1. The lowest BCUT2D eigenvalue weighted by atomic mass is 10.1. The maximum atomic E-state index is 12.1. The highest BCUT2D eigenvalue weighted by Crippen LogP contribution is 2.30. The third-order valence-corrected chi connectivity index (χ3v) is 4.36. The van der Waals surface area contributed by atoms with Crippen LogP contribution < -0.4 is 9.47 Å². The van der Waals surface area contributed by atoms with Crippen LogP contribution in [0, 0.1) is 0 Å². The van der Waals surface area contributed by atoms with E-state index in [1.54, 1.807) is 43.5 Å². The molecule has 2 aromatic carbocycles. The lowest BCUT2D eigenvalue weighted by Gasteiger charge is -2.11. The van der Waals surface area contributed by atoms with Crippen LogP contribution in [0.2, 0.25) is 5.02 Å². The predicted molar refractivity (Wildman–Crippen MR) is 108 cm³/mol. The van der Waals surface area contributed by atoms with E-state index in [2.05, 4.69) is 4.99 Å². The zero-order valence-corrected chi connectivity index (χ0v) is 16.2. The van der Waals surface area contributed by atoms with Crippen LogP contribution in [0.5, 0.6) is 11.5 Å². The SMILES string of the molecule is COc1cc(/C=C2\N=C(c3ccco3)OC2=O)ccc1OCc1cccc(Cl)c1. The van der Waals surface area contributed by atoms with Crippen molar-refractivity contribution in [3.8, 4) is 11.5 Å². The van der Waals surface area contributed by atoms with Gasteiger partial charge in [-0.1, -0.05) is 29.8 Å². The van der Waals surface area contributed by atoms with Crippen LogP contribution in [0.4, 0.5) is 0 Å². The van der Waals surface area contributed by atoms with Crippen molar-refractivity contribution in [1.82, 2.24) is 0 Å². The summed E-state index contributed by atoms with van der Waals surface area (Å²) in [4.78, 5) is 16.3. The molecule has 1 aliphatic rings. The maximum absolute atomic E-state index is 12.1. The first-order chi connectivity index (χ1) is 14.1. The number of esters is 1. The van der Waals surface area contributed by atoms with Crippen LogP contribution in [0.25, 0.3) is 6.08 Å². The van der Waals surface area contributed by atoms with E-state index in [1.807, 2.05) is 24.3 Å². The molecule has 6 nitrogen and oxygen atoms in total. The van der Waals surface area contributed by atoms with Gasteiger partial charge in [-0.2, -0.15) is 0 Å². The van der Waals surface area contributed by atoms with E-state index >= 15 is 0 Å². The van der Waals surface area contributed by atoms with Gasteiger partial charge in [0.1, 0.15) is 6.61 Å². The third-order valence-electron chi connectivity index (χ3n) is 4.13. The zero-order valence-electron chi connectivity index (χ0n) is 15.4. The highest BCUT2D eigenvalue weighted by molar-refractivity contribution is 6.30. The van der Waals surface area contributed by atoms with Gasteiger partial charge in [-0.25, -0.2) is 9.79 Å². The van der Waals surface area contributed by atoms with Gasteiger partial charge in [0.15, 0.2) is 23.0 Å². The first kappa shape index (κ1) is 18.8. The Morgan fingerprint density at radius 2 is 2.00 bits per heavy atom. The minimum atomic E-state index is -0.545. The molecule has 0 fully saturated rings. The Kier molecular flexibility index (Phi) is 5.35. The summed E-state index contributed by atoms with van der Waals surface area (Å²) in [6.45, 7) is 0.348. The predicted octanol–water partition coefficient (Wildman–Crippen LogP) is 4.87. The summed E-state index contributed by atoms with van der Waals surface area (Å²) in [6.07, 6.45) is 3.10. The fourth-order valence-corrected chi connectivity index (χ4v) is 2.97. The van der Waals surface area contributed by atoms with Crippen LogP contribution in [0.15, 0.2) is 76.0 Å². The molecule has 0 saturated carbocycles. The molecule has 0 bridgehead atoms. The van der Waals surface area contributed by atoms with Gasteiger partial charge < -0.3 is 18.6 Å². The highest BCUT2D eigenvalue weighted by atomic mass is 35.5. The first-order valence-electron chi connectivity index (χ1n) is 8.74. The average molecular weight is 410 g/mol. The summed E-state index contributed by atoms with van der Waals surface area (Å²) < 4.78 is 21.6. The number of carbonyl (C=O) groups is 1. The molecule has 0 aliphatic carbocycles. The molecule has 1 aromatic heterocycles. The van der Waals surface area contributed by atoms with Gasteiger partial charge in [-0.15, -0.1) is 0 Å². The molecule has 0 atom stereocenters. The number of benzene rings is 2. The molecule has 0 N–H and O–H groups in total. The Morgan fingerprint density at radius 1 is 1.10 bits per heavy atom. The molecule has 29 heavy (non-hydrogen) atoms. The van der Waals surface area contributed by atoms with Gasteiger partial charge in [-0.3, -0.25) is 0 Å². The zero-order chi connectivity index (χ0) is 20.2. The van der Waals surface area contributed by atoms with Crippen molar-refractivity contribution < 1.29 is 23.4 Å². The summed E-state index contributed by atoms with van der Waals surface area (Å²) in [5.74, 6) is 1.09. The molecule has 4 rings (SSSR count). The van der Waals surface area contributed by atoms with Crippen LogP contribution in [-0.4, -0.2) is 19.0 Å². The molecule has 1 aliphatic heterocycles.